The van der Waals surface area contributed by atoms with Gasteiger partial charge in [-0.25, -0.2) is 8.42 Å². The zero-order chi connectivity index (χ0) is 14.3. The van der Waals surface area contributed by atoms with Gasteiger partial charge in [-0.15, -0.1) is 0 Å². The van der Waals surface area contributed by atoms with E-state index in [1.54, 1.807) is 31.3 Å². The van der Waals surface area contributed by atoms with Crippen molar-refractivity contribution in [2.24, 2.45) is 4.99 Å². The smallest absolute Gasteiger partial charge is 0.279 e. The van der Waals surface area contributed by atoms with E-state index < -0.39 is 9.84 Å². The minimum atomic E-state index is -2.94. The Morgan fingerprint density at radius 3 is 2.65 bits per heavy atom. The number of thioether (sulfide) groups is 1. The zero-order valence-electron chi connectivity index (χ0n) is 10.9. The summed E-state index contributed by atoms with van der Waals surface area (Å²) in [4.78, 5) is 18.0. The van der Waals surface area contributed by atoms with Crippen LogP contribution in [-0.4, -0.2) is 54.2 Å². The number of rotatable bonds is 1. The van der Waals surface area contributed by atoms with E-state index in [-0.39, 0.29) is 28.7 Å². The SMILES string of the molecule is CN1C(=NC(=O)c2ccccc2)S[C@H]2CS(=O)(=O)C[C@@H]21. The average Bonchev–Trinajstić information content (AvgIpc) is 2.85. The molecule has 0 aromatic heterocycles. The maximum Gasteiger partial charge on any atom is 0.279 e. The van der Waals surface area contributed by atoms with E-state index in [1.165, 1.54) is 11.8 Å². The third-order valence-electron chi connectivity index (χ3n) is 3.55. The molecule has 0 unspecified atom stereocenters. The summed E-state index contributed by atoms with van der Waals surface area (Å²) in [5.41, 5.74) is 0.540. The number of sulfone groups is 1. The molecule has 20 heavy (non-hydrogen) atoms. The van der Waals surface area contributed by atoms with E-state index in [1.807, 2.05) is 11.0 Å². The third kappa shape index (κ3) is 2.47. The summed E-state index contributed by atoms with van der Waals surface area (Å²) in [6, 6.07) is 8.80. The van der Waals surface area contributed by atoms with Crippen LogP contribution in [0.1, 0.15) is 10.4 Å². The molecular formula is C13H14N2O3S2. The van der Waals surface area contributed by atoms with Gasteiger partial charge in [0, 0.05) is 17.9 Å². The van der Waals surface area contributed by atoms with Crippen LogP contribution in [-0.2, 0) is 9.84 Å². The molecule has 0 radical (unpaired) electrons. The van der Waals surface area contributed by atoms with Gasteiger partial charge in [-0.1, -0.05) is 30.0 Å². The van der Waals surface area contributed by atoms with Gasteiger partial charge in [0.1, 0.15) is 0 Å². The van der Waals surface area contributed by atoms with Gasteiger partial charge in [-0.3, -0.25) is 4.79 Å². The summed E-state index contributed by atoms with van der Waals surface area (Å²) >= 11 is 1.39. The monoisotopic (exact) mass is 310 g/mol. The van der Waals surface area contributed by atoms with Crippen molar-refractivity contribution in [1.82, 2.24) is 4.90 Å². The lowest BCUT2D eigenvalue weighted by molar-refractivity contribution is 0.100. The molecule has 1 amide bonds. The van der Waals surface area contributed by atoms with Crippen LogP contribution < -0.4 is 0 Å². The molecular weight excluding hydrogens is 296 g/mol. The Balaban J connectivity index is 1.80. The molecule has 5 nitrogen and oxygen atoms in total. The second-order valence-electron chi connectivity index (χ2n) is 4.98. The molecule has 0 bridgehead atoms. The molecule has 2 aliphatic heterocycles. The molecule has 2 atom stereocenters. The molecule has 0 N–H and O–H groups in total. The van der Waals surface area contributed by atoms with Crippen molar-refractivity contribution in [3.63, 3.8) is 0 Å². The Labute approximate surface area is 122 Å². The van der Waals surface area contributed by atoms with Gasteiger partial charge < -0.3 is 4.90 Å². The number of amidine groups is 1. The van der Waals surface area contributed by atoms with Crippen LogP contribution >= 0.6 is 11.8 Å². The van der Waals surface area contributed by atoms with Crippen LogP contribution in [0.4, 0.5) is 0 Å². The van der Waals surface area contributed by atoms with Crippen molar-refractivity contribution < 1.29 is 13.2 Å². The molecule has 106 valence electrons. The first kappa shape index (κ1) is 13.6. The lowest BCUT2D eigenvalue weighted by Gasteiger charge is -2.17. The van der Waals surface area contributed by atoms with Crippen LogP contribution in [0.3, 0.4) is 0 Å². The van der Waals surface area contributed by atoms with Gasteiger partial charge in [0.25, 0.3) is 5.91 Å². The van der Waals surface area contributed by atoms with Crippen molar-refractivity contribution in [2.45, 2.75) is 11.3 Å². The highest BCUT2D eigenvalue weighted by atomic mass is 32.2. The standard InChI is InChI=1S/C13H14N2O3S2/c1-15-10-7-20(17,18)8-11(10)19-13(15)14-12(16)9-5-3-2-4-6-9/h2-6,10-11H,7-8H2,1H3/t10-,11-/m0/s1. The maximum atomic E-state index is 12.0. The number of hydrogen-bond acceptors (Lipinski definition) is 4. The number of nitrogens with zero attached hydrogens (tertiary/aromatic N) is 2. The van der Waals surface area contributed by atoms with Crippen LogP contribution in [0.2, 0.25) is 0 Å². The number of amides is 1. The van der Waals surface area contributed by atoms with E-state index in [0.717, 1.165) is 0 Å². The van der Waals surface area contributed by atoms with Gasteiger partial charge >= 0.3 is 0 Å². The van der Waals surface area contributed by atoms with Gasteiger partial charge in [0.2, 0.25) is 0 Å². The van der Waals surface area contributed by atoms with E-state index >= 15 is 0 Å². The molecule has 0 aliphatic carbocycles. The van der Waals surface area contributed by atoms with Crippen molar-refractivity contribution in [1.29, 1.82) is 0 Å². The van der Waals surface area contributed by atoms with Crippen LogP contribution in [0.5, 0.6) is 0 Å². The van der Waals surface area contributed by atoms with E-state index in [4.69, 9.17) is 0 Å². The van der Waals surface area contributed by atoms with Crippen LogP contribution in [0.15, 0.2) is 35.3 Å². The predicted molar refractivity (Wildman–Crippen MR) is 79.8 cm³/mol. The number of aliphatic imine (C=N–C) groups is 1. The molecule has 2 aliphatic rings. The lowest BCUT2D eigenvalue weighted by Crippen LogP contribution is -2.34. The van der Waals surface area contributed by atoms with Crippen LogP contribution in [0.25, 0.3) is 0 Å². The Hall–Kier alpha value is -1.34. The lowest BCUT2D eigenvalue weighted by atomic mass is 10.2. The molecule has 1 aromatic carbocycles. The minimum Gasteiger partial charge on any atom is -0.349 e. The fourth-order valence-electron chi connectivity index (χ4n) is 2.47. The Bertz CT molecular complexity index is 670. The molecule has 0 spiro atoms. The summed E-state index contributed by atoms with van der Waals surface area (Å²) in [6.45, 7) is 0. The first-order chi connectivity index (χ1) is 9.46. The summed E-state index contributed by atoms with van der Waals surface area (Å²) in [7, 11) is -1.14. The number of fused-ring (bicyclic) bond motifs is 1. The molecule has 2 saturated heterocycles. The van der Waals surface area contributed by atoms with Gasteiger partial charge in [0.05, 0.1) is 17.5 Å². The Morgan fingerprint density at radius 1 is 1.30 bits per heavy atom. The number of carbonyl (C=O) groups is 1. The number of benzene rings is 1. The normalized spacial score (nSPS) is 29.6. The van der Waals surface area contributed by atoms with E-state index in [9.17, 15) is 13.2 Å². The van der Waals surface area contributed by atoms with Crippen molar-refractivity contribution >= 4 is 32.7 Å². The van der Waals surface area contributed by atoms with Crippen molar-refractivity contribution in [3.8, 4) is 0 Å². The summed E-state index contributed by atoms with van der Waals surface area (Å²) < 4.78 is 23.2. The van der Waals surface area contributed by atoms with E-state index in [0.29, 0.717) is 10.7 Å². The fourth-order valence-corrected chi connectivity index (χ4v) is 6.46. The van der Waals surface area contributed by atoms with Crippen LogP contribution in [0, 0.1) is 0 Å². The summed E-state index contributed by atoms with van der Waals surface area (Å²) in [5.74, 6) is 0.0352. The van der Waals surface area contributed by atoms with Gasteiger partial charge in [0.15, 0.2) is 15.0 Å². The molecule has 2 fully saturated rings. The highest BCUT2D eigenvalue weighted by Gasteiger charge is 2.47. The van der Waals surface area contributed by atoms with Crippen molar-refractivity contribution in [3.05, 3.63) is 35.9 Å². The summed E-state index contributed by atoms with van der Waals surface area (Å²) in [6.07, 6.45) is 0. The largest absolute Gasteiger partial charge is 0.349 e. The molecule has 1 aromatic rings. The highest BCUT2D eigenvalue weighted by molar-refractivity contribution is 8.15. The van der Waals surface area contributed by atoms with Gasteiger partial charge in [-0.2, -0.15) is 4.99 Å². The maximum absolute atomic E-state index is 12.0. The zero-order valence-corrected chi connectivity index (χ0v) is 12.5. The third-order valence-corrected chi connectivity index (χ3v) is 6.85. The van der Waals surface area contributed by atoms with E-state index in [2.05, 4.69) is 4.99 Å². The topological polar surface area (TPSA) is 66.8 Å². The molecule has 2 heterocycles. The minimum absolute atomic E-state index is 0.00711. The van der Waals surface area contributed by atoms with Gasteiger partial charge in [-0.05, 0) is 12.1 Å². The predicted octanol–water partition coefficient (Wildman–Crippen LogP) is 1.03. The average molecular weight is 310 g/mol. The second-order valence-corrected chi connectivity index (χ2v) is 8.34. The molecule has 0 saturated carbocycles. The second kappa shape index (κ2) is 4.89. The first-order valence-corrected chi connectivity index (χ1v) is 8.94. The Kier molecular flexibility index (Phi) is 3.33. The highest BCUT2D eigenvalue weighted by Crippen LogP contribution is 2.37. The number of hydrogen-bond donors (Lipinski definition) is 0. The first-order valence-electron chi connectivity index (χ1n) is 6.24. The molecule has 7 heteroatoms. The molecule has 3 rings (SSSR count). The van der Waals surface area contributed by atoms with Crippen molar-refractivity contribution in [2.75, 3.05) is 18.6 Å². The fraction of sp³-hybridized carbons (Fsp3) is 0.385. The number of carbonyl (C=O) groups excluding carboxylic acids is 1. The Morgan fingerprint density at radius 2 is 2.00 bits per heavy atom. The quantitative estimate of drug-likeness (QED) is 0.775. The summed E-state index contributed by atoms with van der Waals surface area (Å²) in [5, 5.41) is 0.607.